The minimum Gasteiger partial charge on any atom is -0.311 e. The molecule has 2 N–H and O–H groups in total. The van der Waals surface area contributed by atoms with Crippen LogP contribution in [0, 0.1) is 25.2 Å². The number of rotatable bonds is 7. The summed E-state index contributed by atoms with van der Waals surface area (Å²) in [5, 5.41) is 5.69. The number of hydrogen-bond donors (Lipinski definition) is 2. The van der Waals surface area contributed by atoms with Gasteiger partial charge in [0.1, 0.15) is 11.6 Å². The van der Waals surface area contributed by atoms with Gasteiger partial charge < -0.3 is 10.6 Å². The third kappa shape index (κ3) is 7.10. The number of nitrogens with one attached hydrogen (secondary N) is 2. The van der Waals surface area contributed by atoms with E-state index in [0.717, 1.165) is 11.1 Å². The number of hydrogen-bond acceptors (Lipinski definition) is 4. The van der Waals surface area contributed by atoms with Crippen LogP contribution in [0.25, 0.3) is 0 Å². The standard InChI is InChI=1S/C22H30N4O2/c1-15-8-10-23-18(12-15)25-20(27)7-6-17(22(3,4)5)14-21(28)26-19-13-16(2)9-11-24-19/h8-13,17H,6-7,14H2,1-5H3,(H,23,25,27)(H,24,26,28)/t17-/m0/s1. The maximum atomic E-state index is 12.5. The predicted octanol–water partition coefficient (Wildman–Crippen LogP) is 4.50. The largest absolute Gasteiger partial charge is 0.311 e. The fourth-order valence-electron chi connectivity index (χ4n) is 2.98. The third-order valence-corrected chi connectivity index (χ3v) is 4.74. The Morgan fingerprint density at radius 2 is 1.43 bits per heavy atom. The first kappa shape index (κ1) is 21.5. The Labute approximate surface area is 167 Å². The lowest BCUT2D eigenvalue weighted by molar-refractivity contribution is -0.119. The fraction of sp³-hybridized carbons (Fsp3) is 0.455. The first-order valence-corrected chi connectivity index (χ1v) is 9.58. The van der Waals surface area contributed by atoms with Crippen molar-refractivity contribution in [3.05, 3.63) is 47.8 Å². The van der Waals surface area contributed by atoms with Gasteiger partial charge in [0.25, 0.3) is 0 Å². The normalized spacial score (nSPS) is 12.3. The summed E-state index contributed by atoms with van der Waals surface area (Å²) in [7, 11) is 0. The molecule has 0 aliphatic rings. The van der Waals surface area contributed by atoms with Crippen molar-refractivity contribution in [3.8, 4) is 0 Å². The van der Waals surface area contributed by atoms with Gasteiger partial charge in [0.05, 0.1) is 0 Å². The zero-order valence-corrected chi connectivity index (χ0v) is 17.4. The van der Waals surface area contributed by atoms with Gasteiger partial charge in [-0.3, -0.25) is 9.59 Å². The second-order valence-corrected chi connectivity index (χ2v) is 8.34. The Balaban J connectivity index is 1.92. The van der Waals surface area contributed by atoms with Crippen molar-refractivity contribution in [2.24, 2.45) is 11.3 Å². The minimum atomic E-state index is -0.0980. The Kier molecular flexibility index (Phi) is 7.26. The highest BCUT2D eigenvalue weighted by molar-refractivity contribution is 5.91. The van der Waals surface area contributed by atoms with Crippen LogP contribution in [0.3, 0.4) is 0 Å². The molecule has 28 heavy (non-hydrogen) atoms. The van der Waals surface area contributed by atoms with Gasteiger partial charge in [-0.25, -0.2) is 9.97 Å². The highest BCUT2D eigenvalue weighted by Crippen LogP contribution is 2.33. The summed E-state index contributed by atoms with van der Waals surface area (Å²) in [5.74, 6) is 1.00. The highest BCUT2D eigenvalue weighted by Gasteiger charge is 2.27. The molecular weight excluding hydrogens is 352 g/mol. The molecule has 0 saturated carbocycles. The molecule has 0 aliphatic carbocycles. The molecule has 2 aromatic heterocycles. The maximum absolute atomic E-state index is 12.5. The molecule has 0 radical (unpaired) electrons. The van der Waals surface area contributed by atoms with Gasteiger partial charge >= 0.3 is 0 Å². The second-order valence-electron chi connectivity index (χ2n) is 8.34. The van der Waals surface area contributed by atoms with Crippen LogP contribution >= 0.6 is 0 Å². The molecule has 1 atom stereocenters. The van der Waals surface area contributed by atoms with E-state index < -0.39 is 0 Å². The summed E-state index contributed by atoms with van der Waals surface area (Å²) < 4.78 is 0. The number of nitrogens with zero attached hydrogens (tertiary/aromatic N) is 2. The van der Waals surface area contributed by atoms with Gasteiger partial charge in [0, 0.05) is 25.2 Å². The predicted molar refractivity (Wildman–Crippen MR) is 112 cm³/mol. The van der Waals surface area contributed by atoms with E-state index in [-0.39, 0.29) is 23.1 Å². The summed E-state index contributed by atoms with van der Waals surface area (Å²) in [5.41, 5.74) is 1.98. The number of carbonyl (C=O) groups is 2. The van der Waals surface area contributed by atoms with Crippen molar-refractivity contribution in [2.45, 2.75) is 53.9 Å². The van der Waals surface area contributed by atoms with Crippen molar-refractivity contribution in [1.29, 1.82) is 0 Å². The molecule has 0 saturated heterocycles. The summed E-state index contributed by atoms with van der Waals surface area (Å²) in [6.45, 7) is 10.2. The number of aryl methyl sites for hydroxylation is 2. The molecule has 6 heteroatoms. The van der Waals surface area contributed by atoms with Gasteiger partial charge in [-0.05, 0) is 67.0 Å². The number of carbonyl (C=O) groups excluding carboxylic acids is 2. The molecule has 0 aliphatic heterocycles. The molecule has 0 fully saturated rings. The molecule has 6 nitrogen and oxygen atoms in total. The van der Waals surface area contributed by atoms with Gasteiger partial charge in [-0.1, -0.05) is 20.8 Å². The van der Waals surface area contributed by atoms with E-state index in [0.29, 0.717) is 30.9 Å². The lowest BCUT2D eigenvalue weighted by atomic mass is 9.76. The number of pyridine rings is 2. The van der Waals surface area contributed by atoms with E-state index in [9.17, 15) is 9.59 Å². The monoisotopic (exact) mass is 382 g/mol. The van der Waals surface area contributed by atoms with Crippen LogP contribution in [-0.4, -0.2) is 21.8 Å². The molecule has 0 spiro atoms. The van der Waals surface area contributed by atoms with E-state index >= 15 is 0 Å². The van der Waals surface area contributed by atoms with E-state index in [1.165, 1.54) is 0 Å². The molecule has 0 aromatic carbocycles. The lowest BCUT2D eigenvalue weighted by Gasteiger charge is -2.30. The van der Waals surface area contributed by atoms with Gasteiger partial charge in [-0.2, -0.15) is 0 Å². The van der Waals surface area contributed by atoms with Gasteiger partial charge in [0.2, 0.25) is 11.8 Å². The van der Waals surface area contributed by atoms with Crippen molar-refractivity contribution in [1.82, 2.24) is 9.97 Å². The Bertz CT molecular complexity index is 827. The zero-order chi connectivity index (χ0) is 20.7. The summed E-state index contributed by atoms with van der Waals surface area (Å²) in [4.78, 5) is 33.1. The van der Waals surface area contributed by atoms with Crippen LogP contribution in [-0.2, 0) is 9.59 Å². The molecule has 150 valence electrons. The smallest absolute Gasteiger partial charge is 0.225 e. The van der Waals surface area contributed by atoms with Crippen LogP contribution in [0.5, 0.6) is 0 Å². The van der Waals surface area contributed by atoms with E-state index in [4.69, 9.17) is 0 Å². The topological polar surface area (TPSA) is 84.0 Å². The van der Waals surface area contributed by atoms with Crippen molar-refractivity contribution in [2.75, 3.05) is 10.6 Å². The van der Waals surface area contributed by atoms with Crippen LogP contribution in [0.4, 0.5) is 11.6 Å². The summed E-state index contributed by atoms with van der Waals surface area (Å²) in [6, 6.07) is 7.44. The second kappa shape index (κ2) is 9.44. The van der Waals surface area contributed by atoms with Crippen molar-refractivity contribution >= 4 is 23.5 Å². The van der Waals surface area contributed by atoms with Crippen LogP contribution < -0.4 is 10.6 Å². The van der Waals surface area contributed by atoms with Crippen LogP contribution in [0.1, 0.15) is 51.2 Å². The average Bonchev–Trinajstić information content (AvgIpc) is 2.57. The van der Waals surface area contributed by atoms with Crippen molar-refractivity contribution < 1.29 is 9.59 Å². The zero-order valence-electron chi connectivity index (χ0n) is 17.4. The first-order valence-electron chi connectivity index (χ1n) is 9.58. The van der Waals surface area contributed by atoms with Gasteiger partial charge in [0.15, 0.2) is 0 Å². The third-order valence-electron chi connectivity index (χ3n) is 4.74. The Morgan fingerprint density at radius 3 is 1.89 bits per heavy atom. The molecule has 2 aromatic rings. The number of amides is 2. The van der Waals surface area contributed by atoms with Gasteiger partial charge in [-0.15, -0.1) is 0 Å². The molecule has 2 rings (SSSR count). The Hall–Kier alpha value is -2.76. The fourth-order valence-corrected chi connectivity index (χ4v) is 2.98. The summed E-state index contributed by atoms with van der Waals surface area (Å²) >= 11 is 0. The van der Waals surface area contributed by atoms with E-state index in [1.807, 2.05) is 38.1 Å². The quantitative estimate of drug-likeness (QED) is 0.738. The molecule has 0 unspecified atom stereocenters. The van der Waals surface area contributed by atoms with E-state index in [2.05, 4.69) is 41.4 Å². The molecule has 2 amide bonds. The molecule has 2 heterocycles. The maximum Gasteiger partial charge on any atom is 0.225 e. The van der Waals surface area contributed by atoms with Crippen LogP contribution in [0.2, 0.25) is 0 Å². The minimum absolute atomic E-state index is 0.0635. The Morgan fingerprint density at radius 1 is 0.929 bits per heavy atom. The van der Waals surface area contributed by atoms with Crippen LogP contribution in [0.15, 0.2) is 36.7 Å². The first-order chi connectivity index (χ1) is 13.1. The van der Waals surface area contributed by atoms with Crippen molar-refractivity contribution in [3.63, 3.8) is 0 Å². The number of anilines is 2. The lowest BCUT2D eigenvalue weighted by Crippen LogP contribution is -2.27. The molecular formula is C22H30N4O2. The van der Waals surface area contributed by atoms with E-state index in [1.54, 1.807) is 12.4 Å². The summed E-state index contributed by atoms with van der Waals surface area (Å²) in [6.07, 6.45) is 4.65. The highest BCUT2D eigenvalue weighted by atomic mass is 16.2. The molecule has 0 bridgehead atoms. The average molecular weight is 383 g/mol. The SMILES string of the molecule is Cc1ccnc(NC(=O)CC[C@@H](CC(=O)Nc2cc(C)ccn2)C(C)(C)C)c1. The number of aromatic nitrogens is 2.